The third-order valence-corrected chi connectivity index (χ3v) is 3.33. The third-order valence-electron chi connectivity index (χ3n) is 2.77. The molecule has 100 valence electrons. The van der Waals surface area contributed by atoms with Gasteiger partial charge in [-0.15, -0.1) is 0 Å². The van der Waals surface area contributed by atoms with E-state index in [2.05, 4.69) is 10.3 Å². The molecule has 5 heteroatoms. The minimum absolute atomic E-state index is 0.0330. The number of halogens is 2. The lowest BCUT2D eigenvalue weighted by molar-refractivity contribution is 0.413. The van der Waals surface area contributed by atoms with Crippen molar-refractivity contribution in [1.82, 2.24) is 4.98 Å². The zero-order valence-electron chi connectivity index (χ0n) is 10.7. The number of ether oxygens (including phenoxy) is 1. The monoisotopic (exact) mass is 296 g/mol. The molecule has 1 atom stereocenters. The van der Waals surface area contributed by atoms with Crippen molar-refractivity contribution in [3.8, 4) is 5.75 Å². The molecule has 19 heavy (non-hydrogen) atoms. The largest absolute Gasteiger partial charge is 0.495 e. The van der Waals surface area contributed by atoms with Crippen molar-refractivity contribution in [1.29, 1.82) is 0 Å². The molecule has 1 aromatic heterocycles. The molecule has 0 fully saturated rings. The van der Waals surface area contributed by atoms with Gasteiger partial charge in [-0.25, -0.2) is 4.98 Å². The number of hydrogen-bond acceptors (Lipinski definition) is 3. The zero-order valence-corrected chi connectivity index (χ0v) is 12.2. The summed E-state index contributed by atoms with van der Waals surface area (Å²) in [5.41, 5.74) is 0.976. The summed E-state index contributed by atoms with van der Waals surface area (Å²) in [6.07, 6.45) is 1.67. The number of nitrogens with zero attached hydrogens (tertiary/aromatic N) is 1. The lowest BCUT2D eigenvalue weighted by atomic mass is 10.1. The number of rotatable bonds is 4. The van der Waals surface area contributed by atoms with Gasteiger partial charge in [0, 0.05) is 10.0 Å². The van der Waals surface area contributed by atoms with Crippen LogP contribution in [-0.4, -0.2) is 12.1 Å². The van der Waals surface area contributed by atoms with Crippen LogP contribution in [0.2, 0.25) is 10.0 Å². The molecule has 1 aromatic carbocycles. The van der Waals surface area contributed by atoms with Gasteiger partial charge in [0.15, 0.2) is 0 Å². The number of pyridine rings is 1. The fraction of sp³-hybridized carbons (Fsp3) is 0.214. The standard InChI is InChI=1S/C14H14Cl2N2O/c1-9(12-5-3-10(15)7-13(12)16)18-14-6-4-11(19-2)8-17-14/h3-9H,1-2H3,(H,17,18). The highest BCUT2D eigenvalue weighted by atomic mass is 35.5. The van der Waals surface area contributed by atoms with Gasteiger partial charge in [-0.1, -0.05) is 29.3 Å². The Morgan fingerprint density at radius 3 is 2.58 bits per heavy atom. The summed E-state index contributed by atoms with van der Waals surface area (Å²) >= 11 is 12.1. The second kappa shape index (κ2) is 6.13. The number of benzene rings is 1. The van der Waals surface area contributed by atoms with Crippen LogP contribution < -0.4 is 10.1 Å². The van der Waals surface area contributed by atoms with E-state index in [0.29, 0.717) is 10.0 Å². The molecule has 1 heterocycles. The second-order valence-corrected chi connectivity index (χ2v) is 4.96. The van der Waals surface area contributed by atoms with Gasteiger partial charge < -0.3 is 10.1 Å². The van der Waals surface area contributed by atoms with E-state index in [0.717, 1.165) is 17.1 Å². The van der Waals surface area contributed by atoms with Crippen LogP contribution in [0.15, 0.2) is 36.5 Å². The first-order chi connectivity index (χ1) is 9.10. The predicted octanol–water partition coefficient (Wildman–Crippen LogP) is 4.57. The van der Waals surface area contributed by atoms with Crippen molar-refractivity contribution < 1.29 is 4.74 Å². The first kappa shape index (κ1) is 14.0. The summed E-state index contributed by atoms with van der Waals surface area (Å²) in [6.45, 7) is 2.01. The first-order valence-electron chi connectivity index (χ1n) is 5.81. The van der Waals surface area contributed by atoms with E-state index < -0.39 is 0 Å². The topological polar surface area (TPSA) is 34.1 Å². The summed E-state index contributed by atoms with van der Waals surface area (Å²) in [4.78, 5) is 4.26. The van der Waals surface area contributed by atoms with E-state index in [1.807, 2.05) is 31.2 Å². The number of methoxy groups -OCH3 is 1. The van der Waals surface area contributed by atoms with E-state index >= 15 is 0 Å². The molecule has 0 spiro atoms. The van der Waals surface area contributed by atoms with Gasteiger partial charge in [0.2, 0.25) is 0 Å². The first-order valence-corrected chi connectivity index (χ1v) is 6.57. The van der Waals surface area contributed by atoms with Gasteiger partial charge in [-0.3, -0.25) is 0 Å². The third kappa shape index (κ3) is 3.52. The molecule has 0 aliphatic rings. The normalized spacial score (nSPS) is 12.0. The average Bonchev–Trinajstić information content (AvgIpc) is 2.39. The molecule has 0 aliphatic carbocycles. The summed E-state index contributed by atoms with van der Waals surface area (Å²) < 4.78 is 5.07. The Morgan fingerprint density at radius 1 is 1.21 bits per heavy atom. The second-order valence-electron chi connectivity index (χ2n) is 4.12. The fourth-order valence-electron chi connectivity index (χ4n) is 1.74. The van der Waals surface area contributed by atoms with Crippen LogP contribution in [0.5, 0.6) is 5.75 Å². The van der Waals surface area contributed by atoms with E-state index in [9.17, 15) is 0 Å². The predicted molar refractivity (Wildman–Crippen MR) is 79.3 cm³/mol. The number of anilines is 1. The van der Waals surface area contributed by atoms with Gasteiger partial charge >= 0.3 is 0 Å². The molecule has 1 unspecified atom stereocenters. The van der Waals surface area contributed by atoms with Crippen molar-refractivity contribution >= 4 is 29.0 Å². The van der Waals surface area contributed by atoms with Crippen LogP contribution in [0, 0.1) is 0 Å². The minimum atomic E-state index is 0.0330. The van der Waals surface area contributed by atoms with Crippen molar-refractivity contribution in [2.45, 2.75) is 13.0 Å². The molecular weight excluding hydrogens is 283 g/mol. The minimum Gasteiger partial charge on any atom is -0.495 e. The van der Waals surface area contributed by atoms with Gasteiger partial charge in [0.05, 0.1) is 19.3 Å². The van der Waals surface area contributed by atoms with E-state index in [-0.39, 0.29) is 6.04 Å². The molecule has 0 saturated heterocycles. The van der Waals surface area contributed by atoms with Gasteiger partial charge in [0.1, 0.15) is 11.6 Å². The Bertz CT molecular complexity index is 558. The van der Waals surface area contributed by atoms with E-state index in [4.69, 9.17) is 27.9 Å². The molecule has 2 aromatic rings. The van der Waals surface area contributed by atoms with Gasteiger partial charge in [-0.05, 0) is 36.8 Å². The molecule has 0 bridgehead atoms. The lowest BCUT2D eigenvalue weighted by Gasteiger charge is -2.16. The quantitative estimate of drug-likeness (QED) is 0.897. The maximum absolute atomic E-state index is 6.17. The highest BCUT2D eigenvalue weighted by Gasteiger charge is 2.10. The van der Waals surface area contributed by atoms with Crippen LogP contribution in [0.1, 0.15) is 18.5 Å². The van der Waals surface area contributed by atoms with Gasteiger partial charge in [0.25, 0.3) is 0 Å². The Kier molecular flexibility index (Phi) is 4.51. The Balaban J connectivity index is 2.13. The Labute approximate surface area is 122 Å². The average molecular weight is 297 g/mol. The molecule has 0 amide bonds. The Morgan fingerprint density at radius 2 is 2.00 bits per heavy atom. The van der Waals surface area contributed by atoms with Crippen molar-refractivity contribution in [3.63, 3.8) is 0 Å². The highest BCUT2D eigenvalue weighted by molar-refractivity contribution is 6.35. The maximum atomic E-state index is 6.17. The molecule has 0 saturated carbocycles. The van der Waals surface area contributed by atoms with E-state index in [1.165, 1.54) is 0 Å². The van der Waals surface area contributed by atoms with Crippen LogP contribution in [0.4, 0.5) is 5.82 Å². The summed E-state index contributed by atoms with van der Waals surface area (Å²) in [7, 11) is 1.61. The zero-order chi connectivity index (χ0) is 13.8. The number of nitrogens with one attached hydrogen (secondary N) is 1. The van der Waals surface area contributed by atoms with Gasteiger partial charge in [-0.2, -0.15) is 0 Å². The molecule has 1 N–H and O–H groups in total. The maximum Gasteiger partial charge on any atom is 0.137 e. The van der Waals surface area contributed by atoms with E-state index in [1.54, 1.807) is 19.4 Å². The summed E-state index contributed by atoms with van der Waals surface area (Å²) in [5.74, 6) is 1.49. The molecule has 0 aliphatic heterocycles. The van der Waals surface area contributed by atoms with Crippen LogP contribution in [0.3, 0.4) is 0 Å². The highest BCUT2D eigenvalue weighted by Crippen LogP contribution is 2.28. The van der Waals surface area contributed by atoms with Crippen molar-refractivity contribution in [2.75, 3.05) is 12.4 Å². The number of hydrogen-bond donors (Lipinski definition) is 1. The SMILES string of the molecule is COc1ccc(NC(C)c2ccc(Cl)cc2Cl)nc1. The molecule has 3 nitrogen and oxygen atoms in total. The Hall–Kier alpha value is -1.45. The summed E-state index contributed by atoms with van der Waals surface area (Å²) in [5, 5.41) is 4.54. The molecular formula is C14H14Cl2N2O. The molecule has 0 radical (unpaired) electrons. The van der Waals surface area contributed by atoms with Crippen LogP contribution >= 0.6 is 23.2 Å². The fourth-order valence-corrected chi connectivity index (χ4v) is 2.31. The number of aromatic nitrogens is 1. The molecule has 2 rings (SSSR count). The lowest BCUT2D eigenvalue weighted by Crippen LogP contribution is -2.08. The summed E-state index contributed by atoms with van der Waals surface area (Å²) in [6, 6.07) is 9.21. The smallest absolute Gasteiger partial charge is 0.137 e. The van der Waals surface area contributed by atoms with Crippen LogP contribution in [0.25, 0.3) is 0 Å². The van der Waals surface area contributed by atoms with Crippen molar-refractivity contribution in [3.05, 3.63) is 52.1 Å². The van der Waals surface area contributed by atoms with Crippen LogP contribution in [-0.2, 0) is 0 Å². The van der Waals surface area contributed by atoms with Crippen molar-refractivity contribution in [2.24, 2.45) is 0 Å².